The molecule has 1 aliphatic rings. The molecule has 1 N–H and O–H groups in total. The molecular weight excluding hydrogens is 284 g/mol. The molecule has 0 bridgehead atoms. The van der Waals surface area contributed by atoms with Crippen molar-refractivity contribution < 1.29 is 0 Å². The normalized spacial score (nSPS) is 13.6. The van der Waals surface area contributed by atoms with Gasteiger partial charge in [-0.15, -0.1) is 0 Å². The topological polar surface area (TPSA) is 31.4 Å². The number of hydrogen-bond acceptors (Lipinski definition) is 4. The maximum Gasteiger partial charge on any atom is 0.0546 e. The molecule has 4 nitrogen and oxygen atoms in total. The van der Waals surface area contributed by atoms with Gasteiger partial charge in [-0.25, -0.2) is 0 Å². The van der Waals surface area contributed by atoms with Crippen LogP contribution in [0.25, 0.3) is 0 Å². The fourth-order valence-electron chi connectivity index (χ4n) is 1.97. The number of hydrazine groups is 1. The van der Waals surface area contributed by atoms with Crippen molar-refractivity contribution in [2.24, 2.45) is 0 Å². The molecule has 5 heteroatoms. The summed E-state index contributed by atoms with van der Waals surface area (Å²) in [6, 6.07) is 11.6. The van der Waals surface area contributed by atoms with Gasteiger partial charge in [0.2, 0.25) is 0 Å². The SMILES string of the molecule is Clc1ccc(NN2C=CN(Cc3ccncc3)C=C2)cc1. The van der Waals surface area contributed by atoms with Crippen molar-refractivity contribution in [1.29, 1.82) is 0 Å². The number of benzene rings is 1. The van der Waals surface area contributed by atoms with Gasteiger partial charge in [-0.05, 0) is 42.0 Å². The fraction of sp³-hybridized carbons (Fsp3) is 0.0625. The van der Waals surface area contributed by atoms with Crippen LogP contribution in [-0.4, -0.2) is 14.9 Å². The highest BCUT2D eigenvalue weighted by atomic mass is 35.5. The van der Waals surface area contributed by atoms with Gasteiger partial charge in [-0.2, -0.15) is 0 Å². The maximum atomic E-state index is 5.87. The number of pyridine rings is 1. The smallest absolute Gasteiger partial charge is 0.0546 e. The molecule has 0 spiro atoms. The Morgan fingerprint density at radius 2 is 1.57 bits per heavy atom. The van der Waals surface area contributed by atoms with Gasteiger partial charge in [-0.3, -0.25) is 15.4 Å². The minimum Gasteiger partial charge on any atom is -0.347 e. The van der Waals surface area contributed by atoms with E-state index in [0.717, 1.165) is 17.3 Å². The zero-order valence-electron chi connectivity index (χ0n) is 11.4. The van der Waals surface area contributed by atoms with Crippen molar-refractivity contribution in [3.05, 3.63) is 84.2 Å². The van der Waals surface area contributed by atoms with E-state index >= 15 is 0 Å². The second kappa shape index (κ2) is 6.33. The zero-order chi connectivity index (χ0) is 14.5. The van der Waals surface area contributed by atoms with Crippen LogP contribution in [-0.2, 0) is 6.54 Å². The Bertz CT molecular complexity index is 623. The third kappa shape index (κ3) is 3.77. The molecule has 2 heterocycles. The van der Waals surface area contributed by atoms with Gasteiger partial charge in [0.15, 0.2) is 0 Å². The van der Waals surface area contributed by atoms with Crippen molar-refractivity contribution >= 4 is 17.3 Å². The molecule has 0 aliphatic carbocycles. The molecule has 0 amide bonds. The van der Waals surface area contributed by atoms with Gasteiger partial charge in [0, 0.05) is 48.8 Å². The summed E-state index contributed by atoms with van der Waals surface area (Å²) in [5.41, 5.74) is 5.46. The van der Waals surface area contributed by atoms with Crippen LogP contribution in [0.1, 0.15) is 5.56 Å². The maximum absolute atomic E-state index is 5.87. The van der Waals surface area contributed by atoms with E-state index in [2.05, 4.69) is 15.3 Å². The molecule has 2 aromatic rings. The van der Waals surface area contributed by atoms with E-state index in [0.29, 0.717) is 0 Å². The number of nitrogens with zero attached hydrogens (tertiary/aromatic N) is 3. The van der Waals surface area contributed by atoms with Crippen LogP contribution in [0.2, 0.25) is 5.02 Å². The molecule has 0 saturated carbocycles. The largest absolute Gasteiger partial charge is 0.347 e. The van der Waals surface area contributed by atoms with Crippen molar-refractivity contribution in [3.63, 3.8) is 0 Å². The predicted molar refractivity (Wildman–Crippen MR) is 85.0 cm³/mol. The Morgan fingerprint density at radius 1 is 0.905 bits per heavy atom. The van der Waals surface area contributed by atoms with E-state index in [1.807, 2.05) is 66.2 Å². The molecular formula is C16H15ClN4. The average molecular weight is 299 g/mol. The first-order valence-electron chi connectivity index (χ1n) is 6.61. The number of halogens is 1. The molecule has 3 rings (SSSR count). The van der Waals surface area contributed by atoms with E-state index in [1.165, 1.54) is 5.56 Å². The first kappa shape index (κ1) is 13.5. The molecule has 106 valence electrons. The molecule has 0 atom stereocenters. The highest BCUT2D eigenvalue weighted by Crippen LogP contribution is 2.16. The Balaban J connectivity index is 1.57. The minimum atomic E-state index is 0.730. The molecule has 1 aliphatic heterocycles. The van der Waals surface area contributed by atoms with Crippen LogP contribution in [0.4, 0.5) is 5.69 Å². The number of anilines is 1. The van der Waals surface area contributed by atoms with E-state index in [4.69, 9.17) is 11.6 Å². The number of aromatic nitrogens is 1. The molecule has 0 unspecified atom stereocenters. The van der Waals surface area contributed by atoms with Crippen LogP contribution in [0, 0.1) is 0 Å². The standard InChI is InChI=1S/C16H15ClN4/c17-15-1-3-16(4-2-15)19-21-11-9-20(10-12-21)13-14-5-7-18-8-6-14/h1-12,19H,13H2. The van der Waals surface area contributed by atoms with Gasteiger partial charge in [0.05, 0.1) is 5.69 Å². The van der Waals surface area contributed by atoms with Gasteiger partial charge in [-0.1, -0.05) is 11.6 Å². The summed E-state index contributed by atoms with van der Waals surface area (Å²) in [6.07, 6.45) is 11.6. The first-order chi connectivity index (χ1) is 10.3. The number of hydrogen-bond donors (Lipinski definition) is 1. The van der Waals surface area contributed by atoms with Crippen LogP contribution in [0.15, 0.2) is 73.6 Å². The summed E-state index contributed by atoms with van der Waals surface area (Å²) < 4.78 is 0. The molecule has 0 radical (unpaired) electrons. The van der Waals surface area contributed by atoms with Crippen molar-refractivity contribution in [1.82, 2.24) is 14.9 Å². The number of nitrogens with one attached hydrogen (secondary N) is 1. The summed E-state index contributed by atoms with van der Waals surface area (Å²) in [4.78, 5) is 6.13. The van der Waals surface area contributed by atoms with Gasteiger partial charge >= 0.3 is 0 Å². The van der Waals surface area contributed by atoms with Crippen LogP contribution < -0.4 is 5.43 Å². The molecule has 0 saturated heterocycles. The van der Waals surface area contributed by atoms with Crippen LogP contribution in [0.5, 0.6) is 0 Å². The van der Waals surface area contributed by atoms with Gasteiger partial charge < -0.3 is 4.90 Å². The second-order valence-corrected chi connectivity index (χ2v) is 5.09. The van der Waals surface area contributed by atoms with Crippen molar-refractivity contribution in [2.45, 2.75) is 6.54 Å². The van der Waals surface area contributed by atoms with Crippen molar-refractivity contribution in [3.8, 4) is 0 Å². The van der Waals surface area contributed by atoms with Crippen LogP contribution in [0.3, 0.4) is 0 Å². The lowest BCUT2D eigenvalue weighted by atomic mass is 10.2. The van der Waals surface area contributed by atoms with Crippen molar-refractivity contribution in [2.75, 3.05) is 5.43 Å². The fourth-order valence-corrected chi connectivity index (χ4v) is 2.09. The minimum absolute atomic E-state index is 0.730. The highest BCUT2D eigenvalue weighted by Gasteiger charge is 2.04. The molecule has 1 aromatic heterocycles. The third-order valence-corrected chi connectivity index (χ3v) is 3.31. The Labute approximate surface area is 128 Å². The third-order valence-electron chi connectivity index (χ3n) is 3.05. The summed E-state index contributed by atoms with van der Waals surface area (Å²) in [6.45, 7) is 0.824. The predicted octanol–water partition coefficient (Wildman–Crippen LogP) is 3.82. The van der Waals surface area contributed by atoms with Gasteiger partial charge in [0.1, 0.15) is 0 Å². The van der Waals surface area contributed by atoms with E-state index in [1.54, 1.807) is 12.4 Å². The quantitative estimate of drug-likeness (QED) is 0.930. The lowest BCUT2D eigenvalue weighted by molar-refractivity contribution is 0.447. The summed E-state index contributed by atoms with van der Waals surface area (Å²) >= 11 is 5.87. The monoisotopic (exact) mass is 298 g/mol. The Kier molecular flexibility index (Phi) is 4.07. The summed E-state index contributed by atoms with van der Waals surface area (Å²) in [5.74, 6) is 0. The summed E-state index contributed by atoms with van der Waals surface area (Å²) in [7, 11) is 0. The van der Waals surface area contributed by atoms with E-state index < -0.39 is 0 Å². The Morgan fingerprint density at radius 3 is 2.24 bits per heavy atom. The first-order valence-corrected chi connectivity index (χ1v) is 6.99. The Hall–Kier alpha value is -2.46. The highest BCUT2D eigenvalue weighted by molar-refractivity contribution is 6.30. The zero-order valence-corrected chi connectivity index (χ0v) is 12.1. The lowest BCUT2D eigenvalue weighted by Crippen LogP contribution is -2.24. The van der Waals surface area contributed by atoms with E-state index in [-0.39, 0.29) is 0 Å². The molecule has 0 fully saturated rings. The molecule has 1 aromatic carbocycles. The van der Waals surface area contributed by atoms with Crippen LogP contribution >= 0.6 is 11.6 Å². The average Bonchev–Trinajstić information content (AvgIpc) is 2.53. The molecule has 21 heavy (non-hydrogen) atoms. The number of rotatable bonds is 4. The lowest BCUT2D eigenvalue weighted by Gasteiger charge is -2.26. The second-order valence-electron chi connectivity index (χ2n) is 4.65. The summed E-state index contributed by atoms with van der Waals surface area (Å²) in [5, 5.41) is 2.63. The van der Waals surface area contributed by atoms with E-state index in [9.17, 15) is 0 Å². The van der Waals surface area contributed by atoms with Gasteiger partial charge in [0.25, 0.3) is 0 Å².